The number of rotatable bonds is 5. The zero-order chi connectivity index (χ0) is 11.3. The summed E-state index contributed by atoms with van der Waals surface area (Å²) in [5.41, 5.74) is 1.18. The van der Waals surface area contributed by atoms with Gasteiger partial charge in [0.25, 0.3) is 0 Å². The van der Waals surface area contributed by atoms with E-state index in [2.05, 4.69) is 11.9 Å². The first-order valence-corrected chi connectivity index (χ1v) is 5.15. The molecule has 1 aromatic carbocycles. The second kappa shape index (κ2) is 5.10. The zero-order valence-corrected chi connectivity index (χ0v) is 9.46. The van der Waals surface area contributed by atoms with Crippen LogP contribution in [0.5, 0.6) is 0 Å². The highest BCUT2D eigenvalue weighted by molar-refractivity contribution is 5.21. The average molecular weight is 205 g/mol. The lowest BCUT2D eigenvalue weighted by molar-refractivity contribution is 0.0579. The second-order valence-corrected chi connectivity index (χ2v) is 4.20. The number of hydrogen-bond acceptors (Lipinski definition) is 2. The summed E-state index contributed by atoms with van der Waals surface area (Å²) >= 11 is 0. The van der Waals surface area contributed by atoms with Gasteiger partial charge in [0.15, 0.2) is 0 Å². The summed E-state index contributed by atoms with van der Waals surface area (Å²) < 4.78 is 0. The van der Waals surface area contributed by atoms with Crippen molar-refractivity contribution in [1.82, 2.24) is 5.32 Å². The predicted molar refractivity (Wildman–Crippen MR) is 63.7 cm³/mol. The van der Waals surface area contributed by atoms with Gasteiger partial charge < -0.3 is 10.4 Å². The Morgan fingerprint density at radius 2 is 2.00 bits per heavy atom. The maximum Gasteiger partial charge on any atom is 0.0992 e. The molecule has 82 valence electrons. The molecule has 0 saturated carbocycles. The van der Waals surface area contributed by atoms with Gasteiger partial charge in [-0.05, 0) is 19.4 Å². The van der Waals surface area contributed by atoms with E-state index in [1.54, 1.807) is 0 Å². The summed E-state index contributed by atoms with van der Waals surface area (Å²) in [7, 11) is 0. The highest BCUT2D eigenvalue weighted by Gasteiger charge is 2.21. The Labute approximate surface area is 91.6 Å². The summed E-state index contributed by atoms with van der Waals surface area (Å²) in [4.78, 5) is 0. The van der Waals surface area contributed by atoms with E-state index in [4.69, 9.17) is 0 Å². The van der Waals surface area contributed by atoms with Gasteiger partial charge in [0, 0.05) is 13.1 Å². The number of hydrogen-bond donors (Lipinski definition) is 2. The molecule has 0 aliphatic rings. The van der Waals surface area contributed by atoms with Crippen LogP contribution in [-0.4, -0.2) is 18.2 Å². The van der Waals surface area contributed by atoms with Crippen LogP contribution in [0.3, 0.4) is 0 Å². The first kappa shape index (κ1) is 12.0. The van der Waals surface area contributed by atoms with E-state index in [-0.39, 0.29) is 0 Å². The van der Waals surface area contributed by atoms with Crippen LogP contribution in [0.1, 0.15) is 19.4 Å². The Morgan fingerprint density at radius 3 is 2.53 bits per heavy atom. The minimum absolute atomic E-state index is 0.532. The van der Waals surface area contributed by atoms with Crippen LogP contribution >= 0.6 is 0 Å². The Hall–Kier alpha value is -1.12. The minimum Gasteiger partial charge on any atom is -0.384 e. The van der Waals surface area contributed by atoms with Gasteiger partial charge in [0.1, 0.15) is 0 Å². The van der Waals surface area contributed by atoms with Gasteiger partial charge in [-0.25, -0.2) is 0 Å². The van der Waals surface area contributed by atoms with E-state index in [9.17, 15) is 5.11 Å². The molecule has 2 heteroatoms. The highest BCUT2D eigenvalue weighted by Crippen LogP contribution is 2.18. The predicted octanol–water partition coefficient (Wildman–Crippen LogP) is 2.06. The fourth-order valence-electron chi connectivity index (χ4n) is 1.42. The van der Waals surface area contributed by atoms with E-state index < -0.39 is 5.60 Å². The summed E-state index contributed by atoms with van der Waals surface area (Å²) in [5.74, 6) is 0. The molecule has 0 saturated heterocycles. The lowest BCUT2D eigenvalue weighted by Crippen LogP contribution is -2.36. The van der Waals surface area contributed by atoms with Gasteiger partial charge in [0.2, 0.25) is 0 Å². The van der Waals surface area contributed by atoms with E-state index in [1.165, 1.54) is 0 Å². The molecule has 0 aliphatic carbocycles. The van der Waals surface area contributed by atoms with E-state index >= 15 is 0 Å². The number of nitrogens with one attached hydrogen (secondary N) is 1. The molecule has 1 atom stereocenters. The quantitative estimate of drug-likeness (QED) is 0.721. The van der Waals surface area contributed by atoms with Crippen molar-refractivity contribution in [3.05, 3.63) is 48.0 Å². The Bertz CT molecular complexity index is 317. The molecular weight excluding hydrogens is 186 g/mol. The van der Waals surface area contributed by atoms with Gasteiger partial charge in [-0.15, -0.1) is 0 Å². The third-order valence-corrected chi connectivity index (χ3v) is 2.29. The first-order valence-electron chi connectivity index (χ1n) is 5.15. The molecule has 1 rings (SSSR count). The molecule has 0 fully saturated rings. The summed E-state index contributed by atoms with van der Waals surface area (Å²) in [6.45, 7) is 8.85. The fourth-order valence-corrected chi connectivity index (χ4v) is 1.42. The molecule has 0 heterocycles. The third kappa shape index (κ3) is 3.86. The van der Waals surface area contributed by atoms with Gasteiger partial charge in [0.05, 0.1) is 5.60 Å². The molecular formula is C13H19NO. The van der Waals surface area contributed by atoms with Crippen molar-refractivity contribution >= 4 is 0 Å². The summed E-state index contributed by atoms with van der Waals surface area (Å²) in [5, 5.41) is 13.4. The largest absolute Gasteiger partial charge is 0.384 e. The first-order chi connectivity index (χ1) is 7.02. The normalized spacial score (nSPS) is 14.6. The van der Waals surface area contributed by atoms with Crippen molar-refractivity contribution in [2.75, 3.05) is 13.1 Å². The van der Waals surface area contributed by atoms with Crippen LogP contribution in [0, 0.1) is 0 Å². The fraction of sp³-hybridized carbons (Fsp3) is 0.385. The van der Waals surface area contributed by atoms with Crippen molar-refractivity contribution in [2.24, 2.45) is 0 Å². The Balaban J connectivity index is 2.56. The average Bonchev–Trinajstić information content (AvgIpc) is 2.18. The molecule has 1 unspecified atom stereocenters. The van der Waals surface area contributed by atoms with Crippen LogP contribution < -0.4 is 5.32 Å². The van der Waals surface area contributed by atoms with Gasteiger partial charge in [-0.1, -0.05) is 42.5 Å². The van der Waals surface area contributed by atoms with Crippen molar-refractivity contribution in [3.8, 4) is 0 Å². The topological polar surface area (TPSA) is 32.3 Å². The standard InChI is InChI=1S/C13H19NO/c1-11(2)9-14-10-13(3,15)12-7-5-4-6-8-12/h4-8,14-15H,1,9-10H2,2-3H3. The zero-order valence-electron chi connectivity index (χ0n) is 9.46. The van der Waals surface area contributed by atoms with Crippen molar-refractivity contribution < 1.29 is 5.11 Å². The smallest absolute Gasteiger partial charge is 0.0992 e. The van der Waals surface area contributed by atoms with Crippen LogP contribution in [0.2, 0.25) is 0 Å². The van der Waals surface area contributed by atoms with Crippen molar-refractivity contribution in [3.63, 3.8) is 0 Å². The van der Waals surface area contributed by atoms with Crippen molar-refractivity contribution in [1.29, 1.82) is 0 Å². The maximum atomic E-state index is 10.2. The van der Waals surface area contributed by atoms with Crippen molar-refractivity contribution in [2.45, 2.75) is 19.4 Å². The van der Waals surface area contributed by atoms with Gasteiger partial charge >= 0.3 is 0 Å². The molecule has 0 aromatic heterocycles. The lowest BCUT2D eigenvalue weighted by atomic mass is 9.96. The highest BCUT2D eigenvalue weighted by atomic mass is 16.3. The van der Waals surface area contributed by atoms with Crippen LogP contribution in [0.4, 0.5) is 0 Å². The Morgan fingerprint density at radius 1 is 1.40 bits per heavy atom. The molecule has 2 nitrogen and oxygen atoms in total. The third-order valence-electron chi connectivity index (χ3n) is 2.29. The molecule has 0 spiro atoms. The summed E-state index contributed by atoms with van der Waals surface area (Å²) in [6, 6.07) is 9.68. The van der Waals surface area contributed by atoms with Gasteiger partial charge in [-0.3, -0.25) is 0 Å². The lowest BCUT2D eigenvalue weighted by Gasteiger charge is -2.24. The minimum atomic E-state index is -0.823. The molecule has 0 bridgehead atoms. The molecule has 1 aromatic rings. The van der Waals surface area contributed by atoms with Gasteiger partial charge in [-0.2, -0.15) is 0 Å². The summed E-state index contributed by atoms with van der Waals surface area (Å²) in [6.07, 6.45) is 0. The van der Waals surface area contributed by atoms with Crippen LogP contribution in [0.25, 0.3) is 0 Å². The second-order valence-electron chi connectivity index (χ2n) is 4.20. The van der Waals surface area contributed by atoms with Crippen LogP contribution in [0.15, 0.2) is 42.5 Å². The Kier molecular flexibility index (Phi) is 4.06. The van der Waals surface area contributed by atoms with E-state index in [1.807, 2.05) is 44.2 Å². The van der Waals surface area contributed by atoms with E-state index in [0.717, 1.165) is 17.7 Å². The molecule has 2 N–H and O–H groups in total. The molecule has 0 radical (unpaired) electrons. The number of aliphatic hydroxyl groups is 1. The molecule has 15 heavy (non-hydrogen) atoms. The maximum absolute atomic E-state index is 10.2. The molecule has 0 amide bonds. The number of benzene rings is 1. The molecule has 0 aliphatic heterocycles. The SMILES string of the molecule is C=C(C)CNCC(C)(O)c1ccccc1. The van der Waals surface area contributed by atoms with Crippen LogP contribution in [-0.2, 0) is 5.60 Å². The van der Waals surface area contributed by atoms with E-state index in [0.29, 0.717) is 6.54 Å². The monoisotopic (exact) mass is 205 g/mol.